The fourth-order valence-corrected chi connectivity index (χ4v) is 1.55. The predicted octanol–water partition coefficient (Wildman–Crippen LogP) is 0.155. The van der Waals surface area contributed by atoms with E-state index < -0.39 is 10.5 Å². The Balaban J connectivity index is 2.76. The van der Waals surface area contributed by atoms with Crippen LogP contribution in [0.25, 0.3) is 12.2 Å². The third kappa shape index (κ3) is 1.79. The number of nitro groups is 1. The molecule has 0 N–H and O–H groups in total. The van der Waals surface area contributed by atoms with Crippen molar-refractivity contribution >= 4 is 12.2 Å². The molecule has 82 valence electrons. The summed E-state index contributed by atoms with van der Waals surface area (Å²) < 4.78 is 4.96. The van der Waals surface area contributed by atoms with Crippen LogP contribution in [0.1, 0.15) is 13.3 Å². The van der Waals surface area contributed by atoms with Crippen molar-refractivity contribution in [1.82, 2.24) is 0 Å². The predicted molar refractivity (Wildman–Crippen MR) is 57.5 cm³/mol. The van der Waals surface area contributed by atoms with E-state index in [1.807, 2.05) is 0 Å². The molecule has 0 aromatic carbocycles. The minimum Gasteiger partial charge on any atom is -0.423 e. The van der Waals surface area contributed by atoms with Crippen LogP contribution < -0.4 is 16.3 Å². The first-order valence-electron chi connectivity index (χ1n) is 4.74. The van der Waals surface area contributed by atoms with Crippen molar-refractivity contribution in [2.45, 2.75) is 13.3 Å². The van der Waals surface area contributed by atoms with E-state index in [1.54, 1.807) is 13.0 Å². The first-order chi connectivity index (χ1) is 7.58. The summed E-state index contributed by atoms with van der Waals surface area (Å²) in [5.74, 6) is 0. The molecule has 16 heavy (non-hydrogen) atoms. The molecule has 2 rings (SSSR count). The molecule has 1 aromatic rings. The number of rotatable bonds is 1. The van der Waals surface area contributed by atoms with Crippen molar-refractivity contribution in [2.75, 3.05) is 0 Å². The van der Waals surface area contributed by atoms with E-state index in [2.05, 4.69) is 0 Å². The Hall–Kier alpha value is -2.17. The summed E-state index contributed by atoms with van der Waals surface area (Å²) in [5, 5.41) is 11.4. The number of hydrogen-bond acceptors (Lipinski definition) is 4. The summed E-state index contributed by atoms with van der Waals surface area (Å²) in [7, 11) is 0. The first-order valence-corrected chi connectivity index (χ1v) is 4.74. The van der Waals surface area contributed by atoms with Crippen molar-refractivity contribution in [3.8, 4) is 0 Å². The summed E-state index contributed by atoms with van der Waals surface area (Å²) in [6.07, 6.45) is 3.52. The van der Waals surface area contributed by atoms with Gasteiger partial charge in [-0.15, -0.1) is 0 Å². The highest BCUT2D eigenvalue weighted by molar-refractivity contribution is 5.49. The molecule has 0 atom stereocenters. The molecule has 0 spiro atoms. The van der Waals surface area contributed by atoms with Gasteiger partial charge < -0.3 is 4.42 Å². The molecule has 0 unspecified atom stereocenters. The van der Waals surface area contributed by atoms with E-state index in [1.165, 1.54) is 18.2 Å². The molecular weight excluding hydrogens is 210 g/mol. The van der Waals surface area contributed by atoms with Crippen LogP contribution in [0.15, 0.2) is 32.6 Å². The van der Waals surface area contributed by atoms with Crippen LogP contribution >= 0.6 is 0 Å². The smallest absolute Gasteiger partial charge is 0.336 e. The minimum atomic E-state index is -0.453. The summed E-state index contributed by atoms with van der Waals surface area (Å²) >= 11 is 0. The van der Waals surface area contributed by atoms with Crippen LogP contribution in [-0.4, -0.2) is 4.92 Å². The fraction of sp³-hybridized carbons (Fsp3) is 0.182. The first kappa shape index (κ1) is 10.4. The van der Waals surface area contributed by atoms with Gasteiger partial charge in [-0.3, -0.25) is 10.1 Å². The van der Waals surface area contributed by atoms with Gasteiger partial charge in [0.25, 0.3) is 5.70 Å². The van der Waals surface area contributed by atoms with Crippen LogP contribution in [-0.2, 0) is 0 Å². The summed E-state index contributed by atoms with van der Waals surface area (Å²) in [6.45, 7) is 1.69. The molecule has 0 aliphatic heterocycles. The van der Waals surface area contributed by atoms with E-state index in [0.29, 0.717) is 22.6 Å². The zero-order valence-corrected chi connectivity index (χ0v) is 8.60. The molecule has 0 radical (unpaired) electrons. The van der Waals surface area contributed by atoms with Gasteiger partial charge in [-0.25, -0.2) is 4.79 Å². The third-order valence-corrected chi connectivity index (χ3v) is 2.41. The zero-order valence-electron chi connectivity index (χ0n) is 8.60. The molecule has 1 aliphatic carbocycles. The highest BCUT2D eigenvalue weighted by Gasteiger charge is 2.13. The van der Waals surface area contributed by atoms with Crippen LogP contribution in [0.5, 0.6) is 0 Å². The second kappa shape index (κ2) is 3.77. The Kier molecular flexibility index (Phi) is 2.44. The average Bonchev–Trinajstić information content (AvgIpc) is 2.38. The molecule has 0 amide bonds. The Morgan fingerprint density at radius 1 is 1.44 bits per heavy atom. The van der Waals surface area contributed by atoms with Gasteiger partial charge in [0, 0.05) is 22.9 Å². The van der Waals surface area contributed by atoms with E-state index in [0.717, 1.165) is 0 Å². The SMILES string of the molecule is CC1=C([N+](=O)[O-])C=c2ccc(=O)oc2=CC1. The highest BCUT2D eigenvalue weighted by atomic mass is 16.6. The Morgan fingerprint density at radius 3 is 2.88 bits per heavy atom. The van der Waals surface area contributed by atoms with Crippen LogP contribution in [0, 0.1) is 10.1 Å². The molecule has 0 saturated heterocycles. The monoisotopic (exact) mass is 219 g/mol. The van der Waals surface area contributed by atoms with Gasteiger partial charge in [0.05, 0.1) is 4.92 Å². The van der Waals surface area contributed by atoms with Gasteiger partial charge in [0.1, 0.15) is 5.42 Å². The number of fused-ring (bicyclic) bond motifs is 1. The van der Waals surface area contributed by atoms with Crippen molar-refractivity contribution in [3.05, 3.63) is 54.6 Å². The summed E-state index contributed by atoms with van der Waals surface area (Å²) in [4.78, 5) is 21.4. The van der Waals surface area contributed by atoms with Crippen molar-refractivity contribution in [1.29, 1.82) is 0 Å². The Bertz CT molecular complexity index is 651. The maximum atomic E-state index is 11.0. The van der Waals surface area contributed by atoms with E-state index in [-0.39, 0.29) is 5.70 Å². The van der Waals surface area contributed by atoms with Gasteiger partial charge in [0.15, 0.2) is 0 Å². The lowest BCUT2D eigenvalue weighted by Gasteiger charge is -1.94. The largest absolute Gasteiger partial charge is 0.423 e. The number of allylic oxidation sites excluding steroid dienone is 2. The number of nitrogens with zero attached hydrogens (tertiary/aromatic N) is 1. The van der Waals surface area contributed by atoms with Gasteiger partial charge in [0.2, 0.25) is 0 Å². The van der Waals surface area contributed by atoms with E-state index in [4.69, 9.17) is 4.42 Å². The molecule has 1 heterocycles. The maximum absolute atomic E-state index is 11.0. The Labute approximate surface area is 90.2 Å². The summed E-state index contributed by atoms with van der Waals surface area (Å²) in [6, 6.07) is 2.78. The van der Waals surface area contributed by atoms with Crippen molar-refractivity contribution < 1.29 is 9.34 Å². The van der Waals surface area contributed by atoms with Crippen LogP contribution in [0.4, 0.5) is 0 Å². The van der Waals surface area contributed by atoms with Gasteiger partial charge in [-0.1, -0.05) is 0 Å². The van der Waals surface area contributed by atoms with Crippen LogP contribution in [0.2, 0.25) is 0 Å². The van der Waals surface area contributed by atoms with Crippen molar-refractivity contribution in [2.24, 2.45) is 0 Å². The van der Waals surface area contributed by atoms with Gasteiger partial charge in [-0.05, 0) is 25.5 Å². The second-order valence-electron chi connectivity index (χ2n) is 3.55. The van der Waals surface area contributed by atoms with Crippen molar-refractivity contribution in [3.63, 3.8) is 0 Å². The summed E-state index contributed by atoms with van der Waals surface area (Å²) in [5.41, 5.74) is 0.641. The second-order valence-corrected chi connectivity index (χ2v) is 3.55. The standard InChI is InChI=1S/C11H9NO4/c1-7-2-4-10-8(3-5-11(13)16-10)6-9(7)12(14)15/h3-6H,2H2,1H3. The third-order valence-electron chi connectivity index (χ3n) is 2.41. The fourth-order valence-electron chi connectivity index (χ4n) is 1.55. The van der Waals surface area contributed by atoms with E-state index in [9.17, 15) is 14.9 Å². The van der Waals surface area contributed by atoms with Gasteiger partial charge >= 0.3 is 5.63 Å². The molecule has 0 fully saturated rings. The average molecular weight is 219 g/mol. The maximum Gasteiger partial charge on any atom is 0.336 e. The minimum absolute atomic E-state index is 0.0591. The lowest BCUT2D eigenvalue weighted by molar-refractivity contribution is -0.417. The van der Waals surface area contributed by atoms with E-state index >= 15 is 0 Å². The zero-order chi connectivity index (χ0) is 11.7. The van der Waals surface area contributed by atoms with Gasteiger partial charge in [-0.2, -0.15) is 0 Å². The number of hydrogen-bond donors (Lipinski definition) is 0. The molecule has 5 nitrogen and oxygen atoms in total. The molecule has 1 aromatic heterocycles. The highest BCUT2D eigenvalue weighted by Crippen LogP contribution is 2.12. The molecule has 0 saturated carbocycles. The Morgan fingerprint density at radius 2 is 2.19 bits per heavy atom. The quantitative estimate of drug-likeness (QED) is 0.498. The lowest BCUT2D eigenvalue weighted by atomic mass is 10.2. The lowest BCUT2D eigenvalue weighted by Crippen LogP contribution is -2.28. The normalized spacial score (nSPS) is 14.6. The molecule has 5 heteroatoms. The molecule has 0 bridgehead atoms. The molecular formula is C11H9NO4. The van der Waals surface area contributed by atoms with Crippen LogP contribution in [0.3, 0.4) is 0 Å². The molecule has 1 aliphatic rings. The topological polar surface area (TPSA) is 73.3 Å².